The number of nitrogens with zero attached hydrogens (tertiary/aromatic N) is 4. The summed E-state index contributed by atoms with van der Waals surface area (Å²) in [5.74, 6) is -0.903. The quantitative estimate of drug-likeness (QED) is 0.498. The van der Waals surface area contributed by atoms with Crippen LogP contribution in [-0.4, -0.2) is 32.8 Å². The first-order chi connectivity index (χ1) is 13.4. The molecule has 1 aliphatic heterocycles. The molecule has 1 aliphatic rings. The Kier molecular flexibility index (Phi) is 4.35. The zero-order valence-electron chi connectivity index (χ0n) is 15.6. The van der Waals surface area contributed by atoms with Gasteiger partial charge < -0.3 is 0 Å². The Morgan fingerprint density at radius 2 is 1.64 bits per heavy atom. The van der Waals surface area contributed by atoms with Gasteiger partial charge in [0.2, 0.25) is 0 Å². The average Bonchev–Trinajstić information content (AvgIpc) is 3.10. The number of aryl methyl sites for hydroxylation is 3. The Morgan fingerprint density at radius 3 is 2.29 bits per heavy atom. The van der Waals surface area contributed by atoms with Crippen LogP contribution in [0.5, 0.6) is 0 Å². The molecule has 0 aliphatic carbocycles. The Balaban J connectivity index is 1.70. The van der Waals surface area contributed by atoms with Crippen LogP contribution in [0.25, 0.3) is 5.69 Å². The number of fused-ring (bicyclic) bond motifs is 1. The third-order valence-electron chi connectivity index (χ3n) is 4.72. The number of halogens is 1. The molecule has 4 rings (SSSR count). The maximum atomic E-state index is 12.4. The maximum Gasteiger partial charge on any atom is 0.282 e. The summed E-state index contributed by atoms with van der Waals surface area (Å²) in [6.45, 7) is 5.78. The number of rotatable bonds is 3. The number of hydrogen-bond acceptors (Lipinski definition) is 4. The van der Waals surface area contributed by atoms with Gasteiger partial charge in [-0.3, -0.25) is 9.59 Å². The molecule has 140 valence electrons. The van der Waals surface area contributed by atoms with Crippen molar-refractivity contribution >= 4 is 29.6 Å². The molecule has 0 saturated heterocycles. The van der Waals surface area contributed by atoms with Crippen LogP contribution >= 0.6 is 11.6 Å². The van der Waals surface area contributed by atoms with Crippen molar-refractivity contribution in [2.24, 2.45) is 5.10 Å². The van der Waals surface area contributed by atoms with Gasteiger partial charge in [-0.2, -0.15) is 15.2 Å². The molecule has 2 aromatic carbocycles. The topological polar surface area (TPSA) is 67.6 Å². The lowest BCUT2D eigenvalue weighted by Gasteiger charge is -2.08. The van der Waals surface area contributed by atoms with Gasteiger partial charge in [0, 0.05) is 0 Å². The van der Waals surface area contributed by atoms with E-state index in [0.29, 0.717) is 27.5 Å². The fraction of sp³-hybridized carbons (Fsp3) is 0.143. The predicted molar refractivity (Wildman–Crippen MR) is 107 cm³/mol. The number of carbonyl (C=O) groups is 2. The van der Waals surface area contributed by atoms with E-state index in [2.05, 4.69) is 10.2 Å². The lowest BCUT2D eigenvalue weighted by Crippen LogP contribution is -2.24. The lowest BCUT2D eigenvalue weighted by atomic mass is 10.1. The fourth-order valence-corrected chi connectivity index (χ4v) is 3.48. The standard InChI is InChI=1S/C21H17ClN4O2/c1-12-8-9-13(2)18(10-12)25-19(22)17(14(3)24-25)11-23-26-20(27)15-6-4-5-7-16(15)21(26)28/h4-11H,1-3H3. The molecule has 2 amide bonds. The Bertz CT molecular complexity index is 1130. The van der Waals surface area contributed by atoms with Crippen molar-refractivity contribution in [1.29, 1.82) is 0 Å². The second kappa shape index (κ2) is 6.73. The monoisotopic (exact) mass is 392 g/mol. The summed E-state index contributed by atoms with van der Waals surface area (Å²) in [7, 11) is 0. The fourth-order valence-electron chi connectivity index (χ4n) is 3.16. The van der Waals surface area contributed by atoms with Gasteiger partial charge in [0.05, 0.1) is 34.3 Å². The molecule has 3 aromatic rings. The van der Waals surface area contributed by atoms with E-state index in [4.69, 9.17) is 11.6 Å². The highest BCUT2D eigenvalue weighted by Crippen LogP contribution is 2.26. The molecule has 0 N–H and O–H groups in total. The Morgan fingerprint density at radius 1 is 1.00 bits per heavy atom. The Labute approximate surface area is 167 Å². The summed E-state index contributed by atoms with van der Waals surface area (Å²) >= 11 is 6.56. The summed E-state index contributed by atoms with van der Waals surface area (Å²) in [4.78, 5) is 24.9. The maximum absolute atomic E-state index is 12.4. The van der Waals surface area contributed by atoms with Gasteiger partial charge in [-0.05, 0) is 50.1 Å². The van der Waals surface area contributed by atoms with Crippen LogP contribution in [0.15, 0.2) is 47.6 Å². The van der Waals surface area contributed by atoms with E-state index < -0.39 is 11.8 Å². The van der Waals surface area contributed by atoms with Gasteiger partial charge >= 0.3 is 0 Å². The second-order valence-corrected chi connectivity index (χ2v) is 7.06. The van der Waals surface area contributed by atoms with Crippen LogP contribution in [0.3, 0.4) is 0 Å². The SMILES string of the molecule is Cc1ccc(C)c(-n2nc(C)c(C=NN3C(=O)c4ccccc4C3=O)c2Cl)c1. The van der Waals surface area contributed by atoms with E-state index in [1.165, 1.54) is 6.21 Å². The molecule has 7 heteroatoms. The molecular formula is C21H17ClN4O2. The minimum absolute atomic E-state index is 0.346. The molecular weight excluding hydrogens is 376 g/mol. The van der Waals surface area contributed by atoms with Crippen LogP contribution in [0.4, 0.5) is 0 Å². The zero-order chi connectivity index (χ0) is 20.0. The highest BCUT2D eigenvalue weighted by Gasteiger charge is 2.35. The molecule has 28 heavy (non-hydrogen) atoms. The summed E-state index contributed by atoms with van der Waals surface area (Å²) in [6.07, 6.45) is 1.41. The average molecular weight is 393 g/mol. The van der Waals surface area contributed by atoms with Crippen molar-refractivity contribution in [3.05, 3.63) is 81.1 Å². The first kappa shape index (κ1) is 18.1. The summed E-state index contributed by atoms with van der Waals surface area (Å²) < 4.78 is 1.64. The van der Waals surface area contributed by atoms with Crippen LogP contribution in [0.2, 0.25) is 5.15 Å². The molecule has 2 heterocycles. The number of hydrazone groups is 1. The van der Waals surface area contributed by atoms with E-state index in [0.717, 1.165) is 21.8 Å². The van der Waals surface area contributed by atoms with Gasteiger partial charge in [-0.1, -0.05) is 35.9 Å². The smallest absolute Gasteiger partial charge is 0.267 e. The van der Waals surface area contributed by atoms with Gasteiger partial charge in [0.15, 0.2) is 0 Å². The van der Waals surface area contributed by atoms with Gasteiger partial charge in [0.25, 0.3) is 11.8 Å². The molecule has 6 nitrogen and oxygen atoms in total. The summed E-state index contributed by atoms with van der Waals surface area (Å²) in [5, 5.41) is 9.84. The van der Waals surface area contributed by atoms with Crippen molar-refractivity contribution in [2.75, 3.05) is 0 Å². The summed E-state index contributed by atoms with van der Waals surface area (Å²) in [6, 6.07) is 12.7. The van der Waals surface area contributed by atoms with E-state index >= 15 is 0 Å². The van der Waals surface area contributed by atoms with Crippen molar-refractivity contribution in [1.82, 2.24) is 14.8 Å². The van der Waals surface area contributed by atoms with Crippen LogP contribution in [0.1, 0.15) is 43.1 Å². The van der Waals surface area contributed by atoms with Crippen molar-refractivity contribution in [2.45, 2.75) is 20.8 Å². The molecule has 0 radical (unpaired) electrons. The molecule has 0 bridgehead atoms. The zero-order valence-corrected chi connectivity index (χ0v) is 16.4. The number of aromatic nitrogens is 2. The highest BCUT2D eigenvalue weighted by atomic mass is 35.5. The molecule has 0 fully saturated rings. The normalized spacial score (nSPS) is 13.6. The van der Waals surface area contributed by atoms with E-state index in [1.54, 1.807) is 35.9 Å². The van der Waals surface area contributed by atoms with Crippen molar-refractivity contribution in [3.63, 3.8) is 0 Å². The summed E-state index contributed by atoms with van der Waals surface area (Å²) in [5.41, 5.74) is 4.88. The minimum Gasteiger partial charge on any atom is -0.267 e. The predicted octanol–water partition coefficient (Wildman–Crippen LogP) is 4.08. The first-order valence-electron chi connectivity index (χ1n) is 8.73. The number of benzene rings is 2. The molecule has 0 atom stereocenters. The number of carbonyl (C=O) groups excluding carboxylic acids is 2. The number of amides is 2. The lowest BCUT2D eigenvalue weighted by molar-refractivity contribution is 0.0660. The third kappa shape index (κ3) is 2.82. The van der Waals surface area contributed by atoms with Crippen LogP contribution in [-0.2, 0) is 0 Å². The Hall–Kier alpha value is -3.25. The van der Waals surface area contributed by atoms with Gasteiger partial charge in [-0.25, -0.2) is 4.68 Å². The van der Waals surface area contributed by atoms with Crippen LogP contribution < -0.4 is 0 Å². The third-order valence-corrected chi connectivity index (χ3v) is 5.08. The van der Waals surface area contributed by atoms with E-state index in [1.807, 2.05) is 32.0 Å². The minimum atomic E-state index is -0.451. The molecule has 1 aromatic heterocycles. The van der Waals surface area contributed by atoms with Crippen molar-refractivity contribution < 1.29 is 9.59 Å². The van der Waals surface area contributed by atoms with E-state index in [9.17, 15) is 9.59 Å². The van der Waals surface area contributed by atoms with E-state index in [-0.39, 0.29) is 0 Å². The number of imide groups is 1. The van der Waals surface area contributed by atoms with Crippen LogP contribution in [0, 0.1) is 20.8 Å². The van der Waals surface area contributed by atoms with Crippen molar-refractivity contribution in [3.8, 4) is 5.69 Å². The molecule has 0 unspecified atom stereocenters. The number of hydrogen-bond donors (Lipinski definition) is 0. The molecule has 0 saturated carbocycles. The first-order valence-corrected chi connectivity index (χ1v) is 9.11. The highest BCUT2D eigenvalue weighted by molar-refractivity contribution is 6.32. The largest absolute Gasteiger partial charge is 0.282 e. The molecule has 0 spiro atoms. The second-order valence-electron chi connectivity index (χ2n) is 6.70. The van der Waals surface area contributed by atoms with Gasteiger partial charge in [0.1, 0.15) is 5.15 Å². The van der Waals surface area contributed by atoms with Gasteiger partial charge in [-0.15, -0.1) is 0 Å².